The molecule has 0 unspecified atom stereocenters. The highest BCUT2D eigenvalue weighted by Crippen LogP contribution is 2.61. The van der Waals surface area contributed by atoms with Gasteiger partial charge in [0.05, 0.1) is 17.0 Å². The van der Waals surface area contributed by atoms with E-state index in [-0.39, 0.29) is 23.7 Å². The normalized spacial score (nSPS) is 30.4. The van der Waals surface area contributed by atoms with Crippen molar-refractivity contribution in [3.63, 3.8) is 0 Å². The van der Waals surface area contributed by atoms with Gasteiger partial charge in [-0.15, -0.1) is 22.7 Å². The predicted octanol–water partition coefficient (Wildman–Crippen LogP) is 4.17. The van der Waals surface area contributed by atoms with Gasteiger partial charge >= 0.3 is 0 Å². The van der Waals surface area contributed by atoms with Crippen LogP contribution in [0.4, 0.5) is 0 Å². The van der Waals surface area contributed by atoms with Gasteiger partial charge in [-0.1, -0.05) is 6.07 Å². The monoisotopic (exact) mass is 415 g/mol. The van der Waals surface area contributed by atoms with Crippen molar-refractivity contribution in [1.29, 1.82) is 0 Å². The smallest absolute Gasteiger partial charge is 0.244 e. The second-order valence-electron chi connectivity index (χ2n) is 8.99. The number of carbonyl (C=O) groups is 2. The standard InChI is InChI=1S/C21H25N3O2S2/c25-18(7-16-12-28-20(22-16)17-2-1-3-27-17)23-24-19(26)11-21-8-13-4-14(9-21)6-15(5-13)10-21/h1-3,12-15H,4-11H2,(H,23,25)(H,24,26). The van der Waals surface area contributed by atoms with Crippen molar-refractivity contribution in [2.24, 2.45) is 23.2 Å². The van der Waals surface area contributed by atoms with Crippen molar-refractivity contribution >= 4 is 34.5 Å². The highest BCUT2D eigenvalue weighted by Gasteiger charge is 2.51. The lowest BCUT2D eigenvalue weighted by molar-refractivity contribution is -0.134. The molecule has 0 aromatic carbocycles. The molecule has 6 rings (SSSR count). The second-order valence-corrected chi connectivity index (χ2v) is 10.8. The van der Waals surface area contributed by atoms with Gasteiger partial charge in [0.15, 0.2) is 0 Å². The molecule has 0 aliphatic heterocycles. The Balaban J connectivity index is 1.12. The zero-order chi connectivity index (χ0) is 19.1. The lowest BCUT2D eigenvalue weighted by atomic mass is 9.49. The zero-order valence-electron chi connectivity index (χ0n) is 15.8. The summed E-state index contributed by atoms with van der Waals surface area (Å²) in [6.45, 7) is 0. The fourth-order valence-electron chi connectivity index (χ4n) is 6.14. The van der Waals surface area contributed by atoms with E-state index in [1.807, 2.05) is 22.9 Å². The molecular weight excluding hydrogens is 390 g/mol. The third-order valence-corrected chi connectivity index (χ3v) is 8.60. The molecule has 4 bridgehead atoms. The topological polar surface area (TPSA) is 71.1 Å². The lowest BCUT2D eigenvalue weighted by Gasteiger charge is -2.56. The summed E-state index contributed by atoms with van der Waals surface area (Å²) in [4.78, 5) is 30.4. The van der Waals surface area contributed by atoms with Crippen molar-refractivity contribution in [3.05, 3.63) is 28.6 Å². The van der Waals surface area contributed by atoms with Crippen LogP contribution in [0, 0.1) is 23.2 Å². The number of hydrogen-bond acceptors (Lipinski definition) is 5. The molecule has 4 aliphatic rings. The molecule has 0 radical (unpaired) electrons. The minimum absolute atomic E-state index is 0.0483. The van der Waals surface area contributed by atoms with Crippen LogP contribution < -0.4 is 10.9 Å². The molecule has 5 nitrogen and oxygen atoms in total. The molecule has 4 aliphatic carbocycles. The van der Waals surface area contributed by atoms with Gasteiger partial charge in [-0.3, -0.25) is 20.4 Å². The number of thiazole rings is 1. The van der Waals surface area contributed by atoms with E-state index in [0.717, 1.165) is 33.3 Å². The maximum Gasteiger partial charge on any atom is 0.244 e. The van der Waals surface area contributed by atoms with Gasteiger partial charge in [0.1, 0.15) is 5.01 Å². The van der Waals surface area contributed by atoms with Gasteiger partial charge in [-0.05, 0) is 73.1 Å². The lowest BCUT2D eigenvalue weighted by Crippen LogP contribution is -2.50. The van der Waals surface area contributed by atoms with E-state index in [9.17, 15) is 9.59 Å². The molecule has 28 heavy (non-hydrogen) atoms. The molecule has 2 heterocycles. The third kappa shape index (κ3) is 3.74. The highest BCUT2D eigenvalue weighted by molar-refractivity contribution is 7.20. The second kappa shape index (κ2) is 7.26. The van der Waals surface area contributed by atoms with Crippen molar-refractivity contribution in [3.8, 4) is 9.88 Å². The Hall–Kier alpha value is -1.73. The first kappa shape index (κ1) is 18.3. The Morgan fingerprint density at radius 3 is 2.36 bits per heavy atom. The minimum atomic E-state index is -0.220. The van der Waals surface area contributed by atoms with Crippen LogP contribution in [0.5, 0.6) is 0 Å². The molecule has 7 heteroatoms. The summed E-state index contributed by atoms with van der Waals surface area (Å²) in [5.74, 6) is 2.22. The molecule has 4 saturated carbocycles. The molecule has 2 amide bonds. The number of hydrazine groups is 1. The Morgan fingerprint density at radius 1 is 1.04 bits per heavy atom. The summed E-state index contributed by atoms with van der Waals surface area (Å²) < 4.78 is 0. The van der Waals surface area contributed by atoms with Crippen LogP contribution in [0.15, 0.2) is 22.9 Å². The number of nitrogens with zero attached hydrogens (tertiary/aromatic N) is 1. The maximum atomic E-state index is 12.5. The first-order chi connectivity index (χ1) is 13.6. The molecule has 148 valence electrons. The van der Waals surface area contributed by atoms with E-state index in [2.05, 4.69) is 15.8 Å². The Bertz CT molecular complexity index is 839. The molecule has 2 N–H and O–H groups in total. The average Bonchev–Trinajstić information content (AvgIpc) is 3.29. The molecule has 0 atom stereocenters. The van der Waals surface area contributed by atoms with Crippen LogP contribution in [0.25, 0.3) is 9.88 Å². The third-order valence-electron chi connectivity index (χ3n) is 6.67. The van der Waals surface area contributed by atoms with Gasteiger partial charge in [0.25, 0.3) is 0 Å². The highest BCUT2D eigenvalue weighted by atomic mass is 32.1. The van der Waals surface area contributed by atoms with Gasteiger partial charge in [-0.2, -0.15) is 0 Å². The number of nitrogens with one attached hydrogen (secondary N) is 2. The van der Waals surface area contributed by atoms with Gasteiger partial charge < -0.3 is 0 Å². The Labute approximate surface area is 172 Å². The maximum absolute atomic E-state index is 12.5. The summed E-state index contributed by atoms with van der Waals surface area (Å²) in [7, 11) is 0. The summed E-state index contributed by atoms with van der Waals surface area (Å²) in [6.07, 6.45) is 8.45. The zero-order valence-corrected chi connectivity index (χ0v) is 17.4. The molecule has 2 aromatic heterocycles. The Kier molecular flexibility index (Phi) is 4.75. The van der Waals surface area contributed by atoms with E-state index in [1.54, 1.807) is 22.7 Å². The number of rotatable bonds is 5. The Morgan fingerprint density at radius 2 is 1.71 bits per heavy atom. The van der Waals surface area contributed by atoms with E-state index in [0.29, 0.717) is 6.42 Å². The van der Waals surface area contributed by atoms with Crippen molar-refractivity contribution in [1.82, 2.24) is 15.8 Å². The van der Waals surface area contributed by atoms with E-state index < -0.39 is 0 Å². The summed E-state index contributed by atoms with van der Waals surface area (Å²) in [5.41, 5.74) is 6.16. The minimum Gasteiger partial charge on any atom is -0.273 e. The van der Waals surface area contributed by atoms with Gasteiger partial charge in [0.2, 0.25) is 11.8 Å². The summed E-state index contributed by atoms with van der Waals surface area (Å²) >= 11 is 3.18. The number of aromatic nitrogens is 1. The first-order valence-corrected chi connectivity index (χ1v) is 11.9. The molecule has 4 fully saturated rings. The SMILES string of the molecule is O=C(Cc1csc(-c2cccs2)n1)NNC(=O)CC12CC3CC(CC(C3)C1)C2. The van der Waals surface area contributed by atoms with Crippen LogP contribution in [0.2, 0.25) is 0 Å². The number of carbonyl (C=O) groups excluding carboxylic acids is 2. The van der Waals surface area contributed by atoms with Crippen LogP contribution in [0.1, 0.15) is 50.6 Å². The number of thiophene rings is 1. The van der Waals surface area contributed by atoms with Gasteiger partial charge in [-0.25, -0.2) is 4.98 Å². The van der Waals surface area contributed by atoms with E-state index in [1.165, 1.54) is 38.5 Å². The van der Waals surface area contributed by atoms with Crippen molar-refractivity contribution in [2.45, 2.75) is 51.4 Å². The molecule has 0 spiro atoms. The molecule has 2 aromatic rings. The van der Waals surface area contributed by atoms with Crippen LogP contribution in [0.3, 0.4) is 0 Å². The summed E-state index contributed by atoms with van der Waals surface area (Å²) in [6, 6.07) is 4.02. The average molecular weight is 416 g/mol. The van der Waals surface area contributed by atoms with Crippen molar-refractivity contribution in [2.75, 3.05) is 0 Å². The summed E-state index contributed by atoms with van der Waals surface area (Å²) in [5, 5.41) is 4.86. The van der Waals surface area contributed by atoms with Gasteiger partial charge in [0, 0.05) is 11.8 Å². The van der Waals surface area contributed by atoms with Crippen LogP contribution in [-0.2, 0) is 16.0 Å². The quantitative estimate of drug-likeness (QED) is 0.720. The predicted molar refractivity (Wildman–Crippen MR) is 111 cm³/mol. The van der Waals surface area contributed by atoms with Crippen LogP contribution in [-0.4, -0.2) is 16.8 Å². The fraction of sp³-hybridized carbons (Fsp3) is 0.571. The largest absolute Gasteiger partial charge is 0.273 e. The van der Waals surface area contributed by atoms with E-state index in [4.69, 9.17) is 0 Å². The first-order valence-electron chi connectivity index (χ1n) is 10.1. The van der Waals surface area contributed by atoms with Crippen LogP contribution >= 0.6 is 22.7 Å². The molecule has 0 saturated heterocycles. The molecular formula is C21H25N3O2S2. The van der Waals surface area contributed by atoms with E-state index >= 15 is 0 Å². The van der Waals surface area contributed by atoms with Crippen molar-refractivity contribution < 1.29 is 9.59 Å². The number of amides is 2. The fourth-order valence-corrected chi connectivity index (χ4v) is 7.77. The number of hydrogen-bond donors (Lipinski definition) is 2.